The Morgan fingerprint density at radius 1 is 1.06 bits per heavy atom. The minimum absolute atomic E-state index is 0.376. The molecule has 0 heterocycles. The molecule has 0 aliphatic carbocycles. The summed E-state index contributed by atoms with van der Waals surface area (Å²) >= 11 is 2.41. The van der Waals surface area contributed by atoms with Crippen molar-refractivity contribution >= 4 is 22.6 Å². The Labute approximate surface area is 123 Å². The normalized spacial score (nSPS) is 12.4. The van der Waals surface area contributed by atoms with Crippen molar-refractivity contribution in [2.45, 2.75) is 19.4 Å². The highest BCUT2D eigenvalue weighted by atomic mass is 127. The quantitative estimate of drug-likeness (QED) is 0.818. The van der Waals surface area contributed by atoms with Gasteiger partial charge in [-0.2, -0.15) is 0 Å². The van der Waals surface area contributed by atoms with Crippen LogP contribution in [-0.2, 0) is 6.42 Å². The van der Waals surface area contributed by atoms with Gasteiger partial charge >= 0.3 is 0 Å². The Balaban J connectivity index is 2.20. The fourth-order valence-corrected chi connectivity index (χ4v) is 2.85. The molecule has 2 aromatic rings. The zero-order valence-corrected chi connectivity index (χ0v) is 12.9. The molecule has 0 aliphatic rings. The Kier molecular flexibility index (Phi) is 4.78. The van der Waals surface area contributed by atoms with Crippen LogP contribution in [0, 0.1) is 10.5 Å². The van der Waals surface area contributed by atoms with Crippen LogP contribution >= 0.6 is 22.6 Å². The Hall–Kier alpha value is -0.870. The number of hydrogen-bond donors (Lipinski definition) is 1. The van der Waals surface area contributed by atoms with E-state index in [1.807, 2.05) is 7.05 Å². The highest BCUT2D eigenvalue weighted by Crippen LogP contribution is 2.23. The molecule has 1 atom stereocenters. The van der Waals surface area contributed by atoms with Gasteiger partial charge in [0.15, 0.2) is 0 Å². The molecule has 2 aromatic carbocycles. The van der Waals surface area contributed by atoms with Gasteiger partial charge in [-0.3, -0.25) is 0 Å². The number of hydrogen-bond acceptors (Lipinski definition) is 1. The fraction of sp³-hybridized carbons (Fsp3) is 0.250. The third-order valence-corrected chi connectivity index (χ3v) is 4.17. The van der Waals surface area contributed by atoms with E-state index in [4.69, 9.17) is 0 Å². The fourth-order valence-electron chi connectivity index (χ4n) is 2.09. The van der Waals surface area contributed by atoms with Crippen LogP contribution in [0.15, 0.2) is 48.5 Å². The van der Waals surface area contributed by atoms with E-state index in [0.29, 0.717) is 6.04 Å². The van der Waals surface area contributed by atoms with E-state index in [2.05, 4.69) is 83.4 Å². The minimum atomic E-state index is 0.376. The standard InChI is InChI=1S/C16H18IN/c1-12-7-9-13(10-8-12)11-16(18-2)14-5-3-4-6-15(14)17/h3-10,16,18H,11H2,1-2H3. The summed E-state index contributed by atoms with van der Waals surface area (Å²) in [6, 6.07) is 17.7. The van der Waals surface area contributed by atoms with Crippen LogP contribution < -0.4 is 5.32 Å². The lowest BCUT2D eigenvalue weighted by Gasteiger charge is -2.18. The number of rotatable bonds is 4. The molecule has 2 rings (SSSR count). The van der Waals surface area contributed by atoms with Crippen molar-refractivity contribution in [2.75, 3.05) is 7.05 Å². The van der Waals surface area contributed by atoms with E-state index < -0.39 is 0 Å². The van der Waals surface area contributed by atoms with Crippen LogP contribution in [0.2, 0.25) is 0 Å². The second kappa shape index (κ2) is 6.34. The predicted octanol–water partition coefficient (Wildman–Crippen LogP) is 4.10. The van der Waals surface area contributed by atoms with E-state index in [1.165, 1.54) is 20.3 Å². The first kappa shape index (κ1) is 13.6. The lowest BCUT2D eigenvalue weighted by molar-refractivity contribution is 0.589. The molecule has 0 bridgehead atoms. The molecular weight excluding hydrogens is 333 g/mol. The van der Waals surface area contributed by atoms with Gasteiger partial charge < -0.3 is 5.32 Å². The first-order valence-corrected chi connectivity index (χ1v) is 7.26. The topological polar surface area (TPSA) is 12.0 Å². The molecule has 1 nitrogen and oxygen atoms in total. The predicted molar refractivity (Wildman–Crippen MR) is 85.8 cm³/mol. The Bertz CT molecular complexity index is 505. The van der Waals surface area contributed by atoms with Crippen molar-refractivity contribution in [1.29, 1.82) is 0 Å². The van der Waals surface area contributed by atoms with Crippen LogP contribution in [0.5, 0.6) is 0 Å². The number of aryl methyl sites for hydroxylation is 1. The largest absolute Gasteiger partial charge is 0.313 e. The zero-order chi connectivity index (χ0) is 13.0. The molecule has 18 heavy (non-hydrogen) atoms. The van der Waals surface area contributed by atoms with E-state index in [9.17, 15) is 0 Å². The molecule has 0 aliphatic heterocycles. The monoisotopic (exact) mass is 351 g/mol. The average Bonchev–Trinajstić information content (AvgIpc) is 2.39. The summed E-state index contributed by atoms with van der Waals surface area (Å²) in [6.07, 6.45) is 1.02. The van der Waals surface area contributed by atoms with E-state index >= 15 is 0 Å². The Morgan fingerprint density at radius 3 is 2.33 bits per heavy atom. The van der Waals surface area contributed by atoms with E-state index in [-0.39, 0.29) is 0 Å². The first-order chi connectivity index (χ1) is 8.70. The maximum absolute atomic E-state index is 3.42. The molecule has 1 unspecified atom stereocenters. The van der Waals surface area contributed by atoms with Crippen LogP contribution in [0.1, 0.15) is 22.7 Å². The average molecular weight is 351 g/mol. The molecule has 0 saturated carbocycles. The lowest BCUT2D eigenvalue weighted by Crippen LogP contribution is -2.19. The molecule has 1 N–H and O–H groups in total. The molecule has 0 fully saturated rings. The molecule has 0 spiro atoms. The van der Waals surface area contributed by atoms with Gasteiger partial charge in [-0.25, -0.2) is 0 Å². The van der Waals surface area contributed by atoms with Crippen molar-refractivity contribution in [3.63, 3.8) is 0 Å². The summed E-state index contributed by atoms with van der Waals surface area (Å²) in [6.45, 7) is 2.12. The number of benzene rings is 2. The molecule has 0 radical (unpaired) electrons. The molecule has 0 saturated heterocycles. The van der Waals surface area contributed by atoms with Gasteiger partial charge in [0.2, 0.25) is 0 Å². The highest BCUT2D eigenvalue weighted by Gasteiger charge is 2.12. The van der Waals surface area contributed by atoms with Gasteiger partial charge in [-0.05, 0) is 60.2 Å². The first-order valence-electron chi connectivity index (χ1n) is 6.18. The van der Waals surface area contributed by atoms with Crippen LogP contribution in [0.25, 0.3) is 0 Å². The minimum Gasteiger partial charge on any atom is -0.313 e. The third-order valence-electron chi connectivity index (χ3n) is 3.19. The second-order valence-corrected chi connectivity index (χ2v) is 5.71. The summed E-state index contributed by atoms with van der Waals surface area (Å²) in [5.74, 6) is 0. The molecule has 0 aromatic heterocycles. The summed E-state index contributed by atoms with van der Waals surface area (Å²) in [5.41, 5.74) is 4.06. The van der Waals surface area contributed by atoms with E-state index in [0.717, 1.165) is 6.42 Å². The van der Waals surface area contributed by atoms with Crippen LogP contribution in [0.4, 0.5) is 0 Å². The van der Waals surface area contributed by atoms with E-state index in [1.54, 1.807) is 0 Å². The summed E-state index contributed by atoms with van der Waals surface area (Å²) in [5, 5.41) is 3.42. The van der Waals surface area contributed by atoms with Gasteiger partial charge in [0.1, 0.15) is 0 Å². The SMILES string of the molecule is CNC(Cc1ccc(C)cc1)c1ccccc1I. The molecule has 0 amide bonds. The summed E-state index contributed by atoms with van der Waals surface area (Å²) < 4.78 is 1.32. The van der Waals surface area contributed by atoms with Crippen molar-refractivity contribution in [1.82, 2.24) is 5.32 Å². The van der Waals surface area contributed by atoms with Crippen molar-refractivity contribution in [3.05, 3.63) is 68.8 Å². The van der Waals surface area contributed by atoms with Crippen LogP contribution in [-0.4, -0.2) is 7.05 Å². The van der Waals surface area contributed by atoms with Crippen molar-refractivity contribution < 1.29 is 0 Å². The molecule has 2 heteroatoms. The summed E-state index contributed by atoms with van der Waals surface area (Å²) in [7, 11) is 2.03. The smallest absolute Gasteiger partial charge is 0.0368 e. The van der Waals surface area contributed by atoms with Crippen molar-refractivity contribution in [2.24, 2.45) is 0 Å². The van der Waals surface area contributed by atoms with Gasteiger partial charge in [0, 0.05) is 9.61 Å². The Morgan fingerprint density at radius 2 is 1.72 bits per heavy atom. The maximum Gasteiger partial charge on any atom is 0.0368 e. The number of likely N-dealkylation sites (N-methyl/N-ethyl adjacent to an activating group) is 1. The number of halogens is 1. The van der Waals surface area contributed by atoms with Crippen molar-refractivity contribution in [3.8, 4) is 0 Å². The molecular formula is C16H18IN. The summed E-state index contributed by atoms with van der Waals surface area (Å²) in [4.78, 5) is 0. The zero-order valence-electron chi connectivity index (χ0n) is 10.8. The number of nitrogens with one attached hydrogen (secondary N) is 1. The second-order valence-electron chi connectivity index (χ2n) is 4.55. The van der Waals surface area contributed by atoms with Gasteiger partial charge in [-0.15, -0.1) is 0 Å². The highest BCUT2D eigenvalue weighted by molar-refractivity contribution is 14.1. The molecule has 94 valence electrons. The maximum atomic E-state index is 3.42. The van der Waals surface area contributed by atoms with Gasteiger partial charge in [-0.1, -0.05) is 48.0 Å². The van der Waals surface area contributed by atoms with Gasteiger partial charge in [0.05, 0.1) is 0 Å². The van der Waals surface area contributed by atoms with Crippen LogP contribution in [0.3, 0.4) is 0 Å². The third kappa shape index (κ3) is 3.33. The van der Waals surface area contributed by atoms with Gasteiger partial charge in [0.25, 0.3) is 0 Å². The lowest BCUT2D eigenvalue weighted by atomic mass is 9.98.